The van der Waals surface area contributed by atoms with Gasteiger partial charge in [0.1, 0.15) is 0 Å². The molecule has 0 bridgehead atoms. The van der Waals surface area contributed by atoms with Gasteiger partial charge in [-0.3, -0.25) is 4.79 Å². The lowest BCUT2D eigenvalue weighted by molar-refractivity contribution is -0.120. The lowest BCUT2D eigenvalue weighted by Gasteiger charge is -2.30. The van der Waals surface area contributed by atoms with Gasteiger partial charge < -0.3 is 9.84 Å². The number of hydrogen-bond acceptors (Lipinski definition) is 6. The Kier molecular flexibility index (Phi) is 6.86. The summed E-state index contributed by atoms with van der Waals surface area (Å²) in [4.78, 5) is 17.2. The Bertz CT molecular complexity index is 1220. The van der Waals surface area contributed by atoms with Gasteiger partial charge in [-0.2, -0.15) is 4.98 Å². The number of anilines is 1. The molecule has 1 amide bonds. The molecule has 4 rings (SSSR count). The highest BCUT2D eigenvalue weighted by atomic mass is 32.2. The van der Waals surface area contributed by atoms with Gasteiger partial charge in [0.25, 0.3) is 0 Å². The van der Waals surface area contributed by atoms with Crippen molar-refractivity contribution in [2.45, 2.75) is 44.8 Å². The fraction of sp³-hybridized carbons (Fsp3) is 0.400. The standard InChI is InChI=1S/C25H30N4O4S/c1-25(2,3)24-27-22(28-33-24)19-9-11-21(12-10-19)26-23(30)20-13-15-29(16-14-20)34(31,32)17-18-7-5-4-6-8-18/h4-12,20H,13-17H2,1-3H3,(H,26,30). The first-order chi connectivity index (χ1) is 16.1. The molecular formula is C25H30N4O4S. The van der Waals surface area contributed by atoms with Gasteiger partial charge in [0.2, 0.25) is 27.6 Å². The van der Waals surface area contributed by atoms with E-state index in [2.05, 4.69) is 15.5 Å². The SMILES string of the molecule is CC(C)(C)c1nc(-c2ccc(NC(=O)C3CCN(S(=O)(=O)Cc4ccccc4)CC3)cc2)no1. The predicted molar refractivity (Wildman–Crippen MR) is 130 cm³/mol. The normalized spacial score (nSPS) is 15.9. The Balaban J connectivity index is 1.31. The molecule has 1 aliphatic heterocycles. The zero-order valence-corrected chi connectivity index (χ0v) is 20.5. The highest BCUT2D eigenvalue weighted by Crippen LogP contribution is 2.26. The van der Waals surface area contributed by atoms with Crippen molar-refractivity contribution in [3.05, 3.63) is 66.1 Å². The summed E-state index contributed by atoms with van der Waals surface area (Å²) in [5, 5.41) is 6.98. The summed E-state index contributed by atoms with van der Waals surface area (Å²) >= 11 is 0. The van der Waals surface area contributed by atoms with E-state index in [0.717, 1.165) is 11.1 Å². The fourth-order valence-corrected chi connectivity index (χ4v) is 5.43. The second-order valence-electron chi connectivity index (χ2n) is 9.65. The molecule has 0 unspecified atom stereocenters. The Hall–Kier alpha value is -3.04. The van der Waals surface area contributed by atoms with Crippen molar-refractivity contribution in [2.24, 2.45) is 5.92 Å². The summed E-state index contributed by atoms with van der Waals surface area (Å²) in [6.45, 7) is 6.71. The Morgan fingerprint density at radius 2 is 1.71 bits per heavy atom. The van der Waals surface area contributed by atoms with E-state index in [0.29, 0.717) is 43.3 Å². The number of aromatic nitrogens is 2. The number of amides is 1. The minimum absolute atomic E-state index is 0.0192. The summed E-state index contributed by atoms with van der Waals surface area (Å²) < 4.78 is 32.3. The number of carbonyl (C=O) groups excluding carboxylic acids is 1. The zero-order valence-electron chi connectivity index (χ0n) is 19.7. The van der Waals surface area contributed by atoms with Gasteiger partial charge in [0.15, 0.2) is 0 Å². The third kappa shape index (κ3) is 5.71. The summed E-state index contributed by atoms with van der Waals surface area (Å²) in [7, 11) is -3.40. The van der Waals surface area contributed by atoms with Crippen molar-refractivity contribution >= 4 is 21.6 Å². The van der Waals surface area contributed by atoms with E-state index < -0.39 is 10.0 Å². The van der Waals surface area contributed by atoms with E-state index in [1.807, 2.05) is 63.2 Å². The number of nitrogens with zero attached hydrogens (tertiary/aromatic N) is 3. The maximum absolute atomic E-state index is 12.8. The van der Waals surface area contributed by atoms with E-state index in [1.54, 1.807) is 12.1 Å². The second kappa shape index (κ2) is 9.68. The van der Waals surface area contributed by atoms with Crippen molar-refractivity contribution in [1.82, 2.24) is 14.4 Å². The number of nitrogens with one attached hydrogen (secondary N) is 1. The summed E-state index contributed by atoms with van der Waals surface area (Å²) in [6, 6.07) is 16.4. The first-order valence-corrected chi connectivity index (χ1v) is 13.0. The number of hydrogen-bond donors (Lipinski definition) is 1. The topological polar surface area (TPSA) is 105 Å². The van der Waals surface area contributed by atoms with Crippen LogP contribution in [0.15, 0.2) is 59.1 Å². The molecule has 180 valence electrons. The highest BCUT2D eigenvalue weighted by molar-refractivity contribution is 7.88. The zero-order chi connectivity index (χ0) is 24.3. The maximum atomic E-state index is 12.8. The van der Waals surface area contributed by atoms with Crippen LogP contribution >= 0.6 is 0 Å². The van der Waals surface area contributed by atoms with Crippen LogP contribution in [0.2, 0.25) is 0 Å². The average Bonchev–Trinajstić information content (AvgIpc) is 3.31. The van der Waals surface area contributed by atoms with Gasteiger partial charge in [-0.15, -0.1) is 0 Å². The molecular weight excluding hydrogens is 452 g/mol. The van der Waals surface area contributed by atoms with Crippen LogP contribution in [0.3, 0.4) is 0 Å². The van der Waals surface area contributed by atoms with E-state index >= 15 is 0 Å². The Labute approximate surface area is 200 Å². The molecule has 34 heavy (non-hydrogen) atoms. The number of benzene rings is 2. The van der Waals surface area contributed by atoms with Crippen LogP contribution in [0.25, 0.3) is 11.4 Å². The number of rotatable bonds is 6. The molecule has 2 heterocycles. The molecule has 9 heteroatoms. The van der Waals surface area contributed by atoms with Gasteiger partial charge in [0, 0.05) is 35.7 Å². The Morgan fingerprint density at radius 3 is 2.29 bits per heavy atom. The lowest BCUT2D eigenvalue weighted by Crippen LogP contribution is -2.41. The molecule has 2 aromatic carbocycles. The van der Waals surface area contributed by atoms with Gasteiger partial charge in [-0.1, -0.05) is 56.3 Å². The summed E-state index contributed by atoms with van der Waals surface area (Å²) in [5.41, 5.74) is 2.01. The molecule has 1 saturated heterocycles. The molecule has 0 spiro atoms. The van der Waals surface area contributed by atoms with Crippen LogP contribution in [0, 0.1) is 5.92 Å². The highest BCUT2D eigenvalue weighted by Gasteiger charge is 2.31. The van der Waals surface area contributed by atoms with Gasteiger partial charge in [-0.05, 0) is 42.7 Å². The van der Waals surface area contributed by atoms with Crippen molar-refractivity contribution in [3.63, 3.8) is 0 Å². The molecule has 1 aliphatic rings. The average molecular weight is 483 g/mol. The van der Waals surface area contributed by atoms with Gasteiger partial charge >= 0.3 is 0 Å². The largest absolute Gasteiger partial charge is 0.338 e. The van der Waals surface area contributed by atoms with E-state index in [1.165, 1.54) is 4.31 Å². The van der Waals surface area contributed by atoms with Crippen molar-refractivity contribution < 1.29 is 17.7 Å². The van der Waals surface area contributed by atoms with E-state index in [-0.39, 0.29) is 23.0 Å². The third-order valence-electron chi connectivity index (χ3n) is 5.89. The molecule has 1 aromatic heterocycles. The fourth-order valence-electron chi connectivity index (χ4n) is 3.86. The van der Waals surface area contributed by atoms with Crippen LogP contribution in [0.5, 0.6) is 0 Å². The molecule has 0 atom stereocenters. The van der Waals surface area contributed by atoms with Crippen LogP contribution in [-0.4, -0.2) is 41.9 Å². The summed E-state index contributed by atoms with van der Waals surface area (Å²) in [6.07, 6.45) is 0.993. The first kappa shape index (κ1) is 24.1. The van der Waals surface area contributed by atoms with Crippen LogP contribution < -0.4 is 5.32 Å². The quantitative estimate of drug-likeness (QED) is 0.564. The molecule has 3 aromatic rings. The molecule has 0 saturated carbocycles. The molecule has 8 nitrogen and oxygen atoms in total. The lowest BCUT2D eigenvalue weighted by atomic mass is 9.97. The van der Waals surface area contributed by atoms with Crippen molar-refractivity contribution in [1.29, 1.82) is 0 Å². The minimum Gasteiger partial charge on any atom is -0.338 e. The number of piperidine rings is 1. The molecule has 1 fully saturated rings. The van der Waals surface area contributed by atoms with Crippen LogP contribution in [-0.2, 0) is 26.0 Å². The van der Waals surface area contributed by atoms with Crippen molar-refractivity contribution in [3.8, 4) is 11.4 Å². The maximum Gasteiger partial charge on any atom is 0.232 e. The van der Waals surface area contributed by atoms with Gasteiger partial charge in [0.05, 0.1) is 5.75 Å². The van der Waals surface area contributed by atoms with E-state index in [4.69, 9.17) is 4.52 Å². The molecule has 0 radical (unpaired) electrons. The first-order valence-electron chi connectivity index (χ1n) is 11.4. The minimum atomic E-state index is -3.40. The van der Waals surface area contributed by atoms with Crippen LogP contribution in [0.1, 0.15) is 45.1 Å². The molecule has 1 N–H and O–H groups in total. The predicted octanol–water partition coefficient (Wildman–Crippen LogP) is 4.21. The second-order valence-corrected chi connectivity index (χ2v) is 11.6. The summed E-state index contributed by atoms with van der Waals surface area (Å²) in [5.74, 6) is 0.732. The van der Waals surface area contributed by atoms with E-state index in [9.17, 15) is 13.2 Å². The smallest absolute Gasteiger partial charge is 0.232 e. The van der Waals surface area contributed by atoms with Crippen LogP contribution in [0.4, 0.5) is 5.69 Å². The number of carbonyl (C=O) groups is 1. The number of sulfonamides is 1. The Morgan fingerprint density at radius 1 is 1.06 bits per heavy atom. The van der Waals surface area contributed by atoms with Crippen molar-refractivity contribution in [2.75, 3.05) is 18.4 Å². The van der Waals surface area contributed by atoms with Gasteiger partial charge in [-0.25, -0.2) is 12.7 Å². The molecule has 0 aliphatic carbocycles. The third-order valence-corrected chi connectivity index (χ3v) is 7.74. The monoisotopic (exact) mass is 482 g/mol.